The summed E-state index contributed by atoms with van der Waals surface area (Å²) in [4.78, 5) is 12.2. The molecule has 3 aromatic rings. The Morgan fingerprint density at radius 2 is 1.86 bits per heavy atom. The second-order valence-electron chi connectivity index (χ2n) is 6.09. The summed E-state index contributed by atoms with van der Waals surface area (Å²) >= 11 is 0.742. The Morgan fingerprint density at radius 1 is 1.14 bits per heavy atom. The fraction of sp³-hybridized carbons (Fsp3) is 0.167. The summed E-state index contributed by atoms with van der Waals surface area (Å²) in [5, 5.41) is 10.00. The lowest BCUT2D eigenvalue weighted by Gasteiger charge is -2.12. The van der Waals surface area contributed by atoms with E-state index in [1.807, 2.05) is 13.0 Å². The average molecular weight is 420 g/mol. The molecule has 146 valence electrons. The Labute approximate surface area is 165 Å². The predicted molar refractivity (Wildman–Crippen MR) is 104 cm³/mol. The first-order valence-corrected chi connectivity index (χ1v) is 10.5. The van der Waals surface area contributed by atoms with E-state index < -0.39 is 27.8 Å². The van der Waals surface area contributed by atoms with Crippen LogP contribution in [0.5, 0.6) is 0 Å². The molecule has 0 saturated carbocycles. The van der Waals surface area contributed by atoms with Crippen molar-refractivity contribution in [2.24, 2.45) is 0 Å². The average Bonchev–Trinajstić information content (AvgIpc) is 3.11. The highest BCUT2D eigenvalue weighted by molar-refractivity contribution is 7.91. The molecule has 7 nitrogen and oxygen atoms in total. The van der Waals surface area contributed by atoms with Crippen molar-refractivity contribution in [3.8, 4) is 0 Å². The molecule has 1 heterocycles. The zero-order valence-corrected chi connectivity index (χ0v) is 16.6. The van der Waals surface area contributed by atoms with E-state index in [1.165, 1.54) is 24.3 Å². The van der Waals surface area contributed by atoms with Crippen LogP contribution in [-0.4, -0.2) is 24.5 Å². The van der Waals surface area contributed by atoms with Crippen molar-refractivity contribution in [1.29, 1.82) is 0 Å². The summed E-state index contributed by atoms with van der Waals surface area (Å²) in [6, 6.07) is 11.9. The molecule has 1 atom stereocenters. The number of aryl methyl sites for hydroxylation is 1. The lowest BCUT2D eigenvalue weighted by molar-refractivity contribution is 0.102. The van der Waals surface area contributed by atoms with E-state index in [0.717, 1.165) is 16.9 Å². The molecule has 0 aliphatic rings. The number of carbonyl (C=O) groups excluding carboxylic acids is 1. The molecule has 28 heavy (non-hydrogen) atoms. The van der Waals surface area contributed by atoms with Gasteiger partial charge in [-0.1, -0.05) is 41.2 Å². The van der Waals surface area contributed by atoms with Crippen LogP contribution in [0.3, 0.4) is 0 Å². The van der Waals surface area contributed by atoms with E-state index in [9.17, 15) is 17.6 Å². The molecule has 3 rings (SSSR count). The van der Waals surface area contributed by atoms with E-state index in [0.29, 0.717) is 11.1 Å². The number of anilines is 1. The number of hydrogen-bond acceptors (Lipinski definition) is 6. The third-order valence-electron chi connectivity index (χ3n) is 3.84. The lowest BCUT2D eigenvalue weighted by atomic mass is 10.1. The number of sulfonamides is 1. The molecule has 0 bridgehead atoms. The van der Waals surface area contributed by atoms with E-state index in [2.05, 4.69) is 20.2 Å². The zero-order valence-electron chi connectivity index (χ0n) is 15.0. The third-order valence-corrected chi connectivity index (χ3v) is 6.59. The minimum absolute atomic E-state index is 0.0707. The van der Waals surface area contributed by atoms with E-state index >= 15 is 0 Å². The highest BCUT2D eigenvalue weighted by Crippen LogP contribution is 2.23. The van der Waals surface area contributed by atoms with Gasteiger partial charge < -0.3 is 0 Å². The molecule has 10 heteroatoms. The minimum atomic E-state index is -3.95. The van der Waals surface area contributed by atoms with E-state index in [-0.39, 0.29) is 9.47 Å². The number of benzene rings is 2. The topological polar surface area (TPSA) is 101 Å². The summed E-state index contributed by atoms with van der Waals surface area (Å²) < 4.78 is 40.2. The first-order valence-electron chi connectivity index (χ1n) is 8.24. The molecule has 0 saturated heterocycles. The van der Waals surface area contributed by atoms with Crippen LogP contribution in [0.25, 0.3) is 0 Å². The highest BCUT2D eigenvalue weighted by Gasteiger charge is 2.24. The standard InChI is InChI=1S/C18H17FN4O3S2/c1-11-4-3-5-14(10-11)16(24)20-17-21-22-18(27-17)28(25,26)23-12(2)13-6-8-15(19)9-7-13/h3-10,12,23H,1-2H3,(H,20,21,24). The monoisotopic (exact) mass is 420 g/mol. The molecule has 0 radical (unpaired) electrons. The van der Waals surface area contributed by atoms with Crippen molar-refractivity contribution in [2.75, 3.05) is 5.32 Å². The van der Waals surface area contributed by atoms with Gasteiger partial charge in [0, 0.05) is 11.6 Å². The Morgan fingerprint density at radius 3 is 2.54 bits per heavy atom. The number of carbonyl (C=O) groups is 1. The molecule has 0 fully saturated rings. The second kappa shape index (κ2) is 8.13. The largest absolute Gasteiger partial charge is 0.296 e. The number of nitrogens with zero attached hydrogens (tertiary/aromatic N) is 2. The van der Waals surface area contributed by atoms with Crippen LogP contribution in [0, 0.1) is 12.7 Å². The van der Waals surface area contributed by atoms with Gasteiger partial charge in [0.05, 0.1) is 0 Å². The van der Waals surface area contributed by atoms with Gasteiger partial charge in [-0.05, 0) is 43.7 Å². The highest BCUT2D eigenvalue weighted by atomic mass is 32.2. The van der Waals surface area contributed by atoms with Gasteiger partial charge in [-0.25, -0.2) is 17.5 Å². The summed E-state index contributed by atoms with van der Waals surface area (Å²) in [5.74, 6) is -0.812. The van der Waals surface area contributed by atoms with Crippen molar-refractivity contribution in [1.82, 2.24) is 14.9 Å². The SMILES string of the molecule is Cc1cccc(C(=O)Nc2nnc(S(=O)(=O)NC(C)c3ccc(F)cc3)s2)c1. The Balaban J connectivity index is 1.71. The van der Waals surface area contributed by atoms with Crippen molar-refractivity contribution in [3.63, 3.8) is 0 Å². The van der Waals surface area contributed by atoms with Gasteiger partial charge >= 0.3 is 0 Å². The third kappa shape index (κ3) is 4.77. The van der Waals surface area contributed by atoms with Crippen LogP contribution >= 0.6 is 11.3 Å². The number of amides is 1. The molecular weight excluding hydrogens is 403 g/mol. The Kier molecular flexibility index (Phi) is 5.82. The van der Waals surface area contributed by atoms with Gasteiger partial charge in [-0.3, -0.25) is 10.1 Å². The molecule has 2 aromatic carbocycles. The number of halogens is 1. The van der Waals surface area contributed by atoms with Gasteiger partial charge in [0.2, 0.25) is 9.47 Å². The summed E-state index contributed by atoms with van der Waals surface area (Å²) in [6.07, 6.45) is 0. The van der Waals surface area contributed by atoms with Crippen LogP contribution in [0.2, 0.25) is 0 Å². The normalized spacial score (nSPS) is 12.5. The Bertz CT molecular complexity index is 1100. The molecule has 2 N–H and O–H groups in total. The summed E-state index contributed by atoms with van der Waals surface area (Å²) in [7, 11) is -3.95. The second-order valence-corrected chi connectivity index (χ2v) is 8.96. The fourth-order valence-corrected chi connectivity index (χ4v) is 4.57. The van der Waals surface area contributed by atoms with Crippen LogP contribution in [0.4, 0.5) is 9.52 Å². The lowest BCUT2D eigenvalue weighted by Crippen LogP contribution is -2.26. The van der Waals surface area contributed by atoms with E-state index in [1.54, 1.807) is 25.1 Å². The maximum atomic E-state index is 13.0. The van der Waals surface area contributed by atoms with Crippen molar-refractivity contribution in [3.05, 3.63) is 71.0 Å². The van der Waals surface area contributed by atoms with Crippen LogP contribution < -0.4 is 10.0 Å². The van der Waals surface area contributed by atoms with Gasteiger partial charge in [0.25, 0.3) is 15.9 Å². The molecule has 1 amide bonds. The maximum Gasteiger partial charge on any atom is 0.270 e. The quantitative estimate of drug-likeness (QED) is 0.596. The molecule has 0 spiro atoms. The zero-order chi connectivity index (χ0) is 20.3. The maximum absolute atomic E-state index is 13.0. The smallest absolute Gasteiger partial charge is 0.270 e. The number of hydrogen-bond donors (Lipinski definition) is 2. The van der Waals surface area contributed by atoms with Crippen LogP contribution in [-0.2, 0) is 10.0 Å². The molecule has 1 aromatic heterocycles. The van der Waals surface area contributed by atoms with Crippen molar-refractivity contribution in [2.45, 2.75) is 24.2 Å². The minimum Gasteiger partial charge on any atom is -0.296 e. The van der Waals surface area contributed by atoms with Gasteiger partial charge in [-0.2, -0.15) is 0 Å². The number of rotatable bonds is 6. The van der Waals surface area contributed by atoms with Gasteiger partial charge in [0.1, 0.15) is 5.82 Å². The van der Waals surface area contributed by atoms with E-state index in [4.69, 9.17) is 0 Å². The Hall–Kier alpha value is -2.69. The first-order chi connectivity index (χ1) is 13.2. The fourth-order valence-electron chi connectivity index (χ4n) is 2.43. The molecule has 0 aliphatic carbocycles. The van der Waals surface area contributed by atoms with Crippen molar-refractivity contribution < 1.29 is 17.6 Å². The predicted octanol–water partition coefficient (Wildman–Crippen LogP) is 3.28. The molecular formula is C18H17FN4O3S2. The first kappa shape index (κ1) is 20.1. The van der Waals surface area contributed by atoms with Gasteiger partial charge in [0.15, 0.2) is 0 Å². The summed E-state index contributed by atoms with van der Waals surface area (Å²) in [5.41, 5.74) is 1.96. The van der Waals surface area contributed by atoms with Crippen LogP contribution in [0.15, 0.2) is 52.9 Å². The number of aromatic nitrogens is 2. The molecule has 1 unspecified atom stereocenters. The van der Waals surface area contributed by atoms with Crippen LogP contribution in [0.1, 0.15) is 34.5 Å². The number of nitrogens with one attached hydrogen (secondary N) is 2. The molecule has 0 aliphatic heterocycles. The summed E-state index contributed by atoms with van der Waals surface area (Å²) in [6.45, 7) is 3.49. The van der Waals surface area contributed by atoms with Gasteiger partial charge in [-0.15, -0.1) is 10.2 Å². The van der Waals surface area contributed by atoms with Crippen molar-refractivity contribution >= 4 is 32.4 Å².